The molecule has 0 aromatic carbocycles. The average Bonchev–Trinajstić information content (AvgIpc) is 3.19. The van der Waals surface area contributed by atoms with Crippen molar-refractivity contribution in [2.45, 2.75) is 45.1 Å². The lowest BCUT2D eigenvalue weighted by atomic mass is 9.72. The summed E-state index contributed by atoms with van der Waals surface area (Å²) in [7, 11) is 1.69. The Balaban J connectivity index is 1.55. The summed E-state index contributed by atoms with van der Waals surface area (Å²) in [6.07, 6.45) is 7.93. The largest absolute Gasteiger partial charge is 0.385 e. The lowest BCUT2D eigenvalue weighted by Crippen LogP contribution is -2.53. The van der Waals surface area contributed by atoms with Gasteiger partial charge in [0.1, 0.15) is 6.04 Å². The second kappa shape index (κ2) is 8.20. The normalized spacial score (nSPS) is 21.2. The quantitative estimate of drug-likeness (QED) is 0.723. The Kier molecular flexibility index (Phi) is 5.96. The maximum atomic E-state index is 12.7. The molecule has 2 fully saturated rings. The van der Waals surface area contributed by atoms with Gasteiger partial charge in [-0.15, -0.1) is 0 Å². The van der Waals surface area contributed by atoms with Gasteiger partial charge in [0.25, 0.3) is 0 Å². The van der Waals surface area contributed by atoms with Crippen LogP contribution in [0, 0.1) is 5.41 Å². The molecule has 1 aromatic rings. The molecule has 0 N–H and O–H groups in total. The summed E-state index contributed by atoms with van der Waals surface area (Å²) < 4.78 is 6.82. The van der Waals surface area contributed by atoms with Crippen molar-refractivity contribution in [1.82, 2.24) is 19.6 Å². The highest BCUT2D eigenvalue weighted by molar-refractivity contribution is 5.80. The maximum absolute atomic E-state index is 12.7. The van der Waals surface area contributed by atoms with Crippen molar-refractivity contribution in [3.8, 4) is 0 Å². The van der Waals surface area contributed by atoms with Crippen molar-refractivity contribution >= 4 is 11.8 Å². The van der Waals surface area contributed by atoms with E-state index >= 15 is 0 Å². The first-order valence-corrected chi connectivity index (χ1v) is 9.59. The number of hydrogen-bond acceptors (Lipinski definition) is 4. The third-order valence-corrected chi connectivity index (χ3v) is 5.94. The number of piperidine rings is 2. The molecule has 2 amide bonds. The zero-order valence-corrected chi connectivity index (χ0v) is 15.9. The van der Waals surface area contributed by atoms with Crippen LogP contribution in [0.3, 0.4) is 0 Å². The standard InChI is InChI=1S/C19H30N4O3/c1-16(23-11-3-9-20-23)18(25)21-12-7-19(8-13-21)6-5-17(24)22(15-19)10-4-14-26-2/h3,9,11,16H,4-8,10,12-15H2,1-2H3. The van der Waals surface area contributed by atoms with Gasteiger partial charge >= 0.3 is 0 Å². The number of aromatic nitrogens is 2. The van der Waals surface area contributed by atoms with E-state index in [1.54, 1.807) is 18.0 Å². The van der Waals surface area contributed by atoms with E-state index in [9.17, 15) is 9.59 Å². The van der Waals surface area contributed by atoms with Gasteiger partial charge in [0, 0.05) is 58.7 Å². The number of carbonyl (C=O) groups excluding carboxylic acids is 2. The van der Waals surface area contributed by atoms with Crippen LogP contribution in [0.2, 0.25) is 0 Å². The fourth-order valence-corrected chi connectivity index (χ4v) is 4.20. The van der Waals surface area contributed by atoms with Crippen molar-refractivity contribution in [1.29, 1.82) is 0 Å². The number of nitrogens with zero attached hydrogens (tertiary/aromatic N) is 4. The molecule has 7 nitrogen and oxygen atoms in total. The third kappa shape index (κ3) is 4.09. The Hall–Kier alpha value is -1.89. The van der Waals surface area contributed by atoms with Gasteiger partial charge < -0.3 is 14.5 Å². The molecule has 0 radical (unpaired) electrons. The van der Waals surface area contributed by atoms with E-state index in [0.717, 1.165) is 51.9 Å². The molecule has 3 heterocycles. The average molecular weight is 362 g/mol. The summed E-state index contributed by atoms with van der Waals surface area (Å²) in [4.78, 5) is 28.9. The van der Waals surface area contributed by atoms with Gasteiger partial charge in [-0.3, -0.25) is 14.3 Å². The number of hydrogen-bond donors (Lipinski definition) is 0. The second-order valence-corrected chi connectivity index (χ2v) is 7.65. The van der Waals surface area contributed by atoms with E-state index in [1.165, 1.54) is 0 Å². The van der Waals surface area contributed by atoms with Crippen molar-refractivity contribution < 1.29 is 14.3 Å². The first-order valence-electron chi connectivity index (χ1n) is 9.59. The highest BCUT2D eigenvalue weighted by Gasteiger charge is 2.42. The number of methoxy groups -OCH3 is 1. The molecule has 1 unspecified atom stereocenters. The lowest BCUT2D eigenvalue weighted by Gasteiger charge is -2.47. The van der Waals surface area contributed by atoms with Gasteiger partial charge in [0.2, 0.25) is 11.8 Å². The Morgan fingerprint density at radius 2 is 2.12 bits per heavy atom. The molecule has 1 atom stereocenters. The van der Waals surface area contributed by atoms with Crippen molar-refractivity contribution in [3.63, 3.8) is 0 Å². The molecule has 2 aliphatic heterocycles. The Bertz CT molecular complexity index is 608. The van der Waals surface area contributed by atoms with Crippen LogP contribution in [0.1, 0.15) is 45.1 Å². The van der Waals surface area contributed by atoms with Crippen LogP contribution in [0.25, 0.3) is 0 Å². The summed E-state index contributed by atoms with van der Waals surface area (Å²) in [5.74, 6) is 0.393. The second-order valence-electron chi connectivity index (χ2n) is 7.65. The van der Waals surface area contributed by atoms with Crippen LogP contribution >= 0.6 is 0 Å². The van der Waals surface area contributed by atoms with Gasteiger partial charge in [-0.2, -0.15) is 5.10 Å². The third-order valence-electron chi connectivity index (χ3n) is 5.94. The highest BCUT2D eigenvalue weighted by atomic mass is 16.5. The molecular formula is C19H30N4O3. The molecule has 26 heavy (non-hydrogen) atoms. The zero-order chi connectivity index (χ0) is 18.6. The predicted molar refractivity (Wildman–Crippen MR) is 97.5 cm³/mol. The maximum Gasteiger partial charge on any atom is 0.247 e. The fourth-order valence-electron chi connectivity index (χ4n) is 4.20. The topological polar surface area (TPSA) is 67.7 Å². The molecule has 7 heteroatoms. The van der Waals surface area contributed by atoms with Crippen molar-refractivity contribution in [2.75, 3.05) is 39.9 Å². The minimum atomic E-state index is -0.266. The summed E-state index contributed by atoms with van der Waals surface area (Å²) in [6.45, 7) is 5.72. The van der Waals surface area contributed by atoms with E-state index in [1.807, 2.05) is 29.0 Å². The van der Waals surface area contributed by atoms with Gasteiger partial charge in [-0.1, -0.05) is 0 Å². The molecule has 2 saturated heterocycles. The van der Waals surface area contributed by atoms with Crippen LogP contribution in [0.5, 0.6) is 0 Å². The first kappa shape index (κ1) is 18.9. The lowest BCUT2D eigenvalue weighted by molar-refractivity contribution is -0.144. The van der Waals surface area contributed by atoms with E-state index in [0.29, 0.717) is 13.0 Å². The van der Waals surface area contributed by atoms with Gasteiger partial charge in [-0.25, -0.2) is 0 Å². The van der Waals surface area contributed by atoms with E-state index in [2.05, 4.69) is 5.10 Å². The smallest absolute Gasteiger partial charge is 0.247 e. The van der Waals surface area contributed by atoms with Crippen LogP contribution in [-0.2, 0) is 14.3 Å². The molecular weight excluding hydrogens is 332 g/mol. The molecule has 0 bridgehead atoms. The molecule has 2 aliphatic rings. The van der Waals surface area contributed by atoms with Crippen LogP contribution in [-0.4, -0.2) is 71.3 Å². The van der Waals surface area contributed by atoms with Gasteiger partial charge in [-0.05, 0) is 44.1 Å². The van der Waals surface area contributed by atoms with Crippen LogP contribution in [0.4, 0.5) is 0 Å². The van der Waals surface area contributed by atoms with E-state index in [-0.39, 0.29) is 23.3 Å². The Labute approximate surface area is 155 Å². The number of likely N-dealkylation sites (tertiary alicyclic amines) is 2. The summed E-state index contributed by atoms with van der Waals surface area (Å²) >= 11 is 0. The van der Waals surface area contributed by atoms with Gasteiger partial charge in [0.05, 0.1) is 0 Å². The molecule has 0 aliphatic carbocycles. The molecule has 3 rings (SSSR count). The number of amides is 2. The predicted octanol–water partition coefficient (Wildman–Crippen LogP) is 1.71. The van der Waals surface area contributed by atoms with E-state index in [4.69, 9.17) is 4.74 Å². The van der Waals surface area contributed by atoms with Crippen LogP contribution < -0.4 is 0 Å². The highest BCUT2D eigenvalue weighted by Crippen LogP contribution is 2.40. The number of rotatable bonds is 6. The number of carbonyl (C=O) groups is 2. The monoisotopic (exact) mass is 362 g/mol. The molecule has 1 aromatic heterocycles. The minimum Gasteiger partial charge on any atom is -0.385 e. The summed E-state index contributed by atoms with van der Waals surface area (Å²) in [5, 5.41) is 4.18. The fraction of sp³-hybridized carbons (Fsp3) is 0.737. The summed E-state index contributed by atoms with van der Waals surface area (Å²) in [6, 6.07) is 1.57. The van der Waals surface area contributed by atoms with Crippen molar-refractivity contribution in [3.05, 3.63) is 18.5 Å². The first-order chi connectivity index (χ1) is 12.5. The summed E-state index contributed by atoms with van der Waals surface area (Å²) in [5.41, 5.74) is 0.173. The molecule has 1 spiro atoms. The van der Waals surface area contributed by atoms with Gasteiger partial charge in [0.15, 0.2) is 0 Å². The Morgan fingerprint density at radius 1 is 1.35 bits per heavy atom. The zero-order valence-electron chi connectivity index (χ0n) is 15.9. The molecule has 0 saturated carbocycles. The minimum absolute atomic E-state index is 0.132. The molecule has 144 valence electrons. The van der Waals surface area contributed by atoms with Crippen LogP contribution in [0.15, 0.2) is 18.5 Å². The number of ether oxygens (including phenoxy) is 1. The Morgan fingerprint density at radius 3 is 2.77 bits per heavy atom. The van der Waals surface area contributed by atoms with Crippen molar-refractivity contribution in [2.24, 2.45) is 5.41 Å². The van der Waals surface area contributed by atoms with E-state index < -0.39 is 0 Å². The SMILES string of the molecule is COCCCN1CC2(CCC1=O)CCN(C(=O)C(C)n1cccn1)CC2.